The first-order chi connectivity index (χ1) is 10.3. The molecule has 0 radical (unpaired) electrons. The van der Waals surface area contributed by atoms with Gasteiger partial charge in [0.15, 0.2) is 12.2 Å². The topological polar surface area (TPSA) is 105 Å². The highest BCUT2D eigenvalue weighted by Gasteiger charge is 2.19. The maximum atomic E-state index is 11.4. The van der Waals surface area contributed by atoms with E-state index in [1.165, 1.54) is 13.8 Å². The Morgan fingerprint density at radius 2 is 1.09 bits per heavy atom. The minimum absolute atomic E-state index is 0.161. The van der Waals surface area contributed by atoms with Crippen LogP contribution in [0.15, 0.2) is 12.2 Å². The summed E-state index contributed by atoms with van der Waals surface area (Å²) >= 11 is 0. The Morgan fingerprint density at radius 1 is 0.773 bits per heavy atom. The zero-order chi connectivity index (χ0) is 17.1. The molecule has 8 nitrogen and oxygen atoms in total. The SMILES string of the molecule is CCOC(=O)C(C)OC(=O)/C=C/C(=O)OC(C)C(=O)OCC. The minimum atomic E-state index is -1.09. The molecule has 0 saturated carbocycles. The molecule has 0 N–H and O–H groups in total. The predicted molar refractivity (Wildman–Crippen MR) is 73.5 cm³/mol. The quantitative estimate of drug-likeness (QED) is 0.363. The van der Waals surface area contributed by atoms with Crippen molar-refractivity contribution in [2.75, 3.05) is 13.2 Å². The first-order valence-corrected chi connectivity index (χ1v) is 6.74. The van der Waals surface area contributed by atoms with Crippen LogP contribution < -0.4 is 0 Å². The molecular weight excluding hydrogens is 296 g/mol. The fourth-order valence-corrected chi connectivity index (χ4v) is 1.18. The van der Waals surface area contributed by atoms with Crippen LogP contribution in [-0.2, 0) is 38.1 Å². The Kier molecular flexibility index (Phi) is 9.24. The van der Waals surface area contributed by atoms with Crippen LogP contribution in [-0.4, -0.2) is 49.3 Å². The van der Waals surface area contributed by atoms with Crippen LogP contribution in [0.25, 0.3) is 0 Å². The Balaban J connectivity index is 4.29. The Morgan fingerprint density at radius 3 is 1.36 bits per heavy atom. The zero-order valence-corrected chi connectivity index (χ0v) is 13.0. The summed E-state index contributed by atoms with van der Waals surface area (Å²) in [6.07, 6.45) is -0.607. The van der Waals surface area contributed by atoms with E-state index in [9.17, 15) is 19.2 Å². The molecule has 8 heteroatoms. The molecule has 2 unspecified atom stereocenters. The van der Waals surface area contributed by atoms with Gasteiger partial charge in [-0.05, 0) is 27.7 Å². The highest BCUT2D eigenvalue weighted by atomic mass is 16.6. The highest BCUT2D eigenvalue weighted by molar-refractivity contribution is 5.93. The summed E-state index contributed by atoms with van der Waals surface area (Å²) in [5.41, 5.74) is 0. The molecule has 22 heavy (non-hydrogen) atoms. The number of carbonyl (C=O) groups excluding carboxylic acids is 4. The molecule has 0 amide bonds. The van der Waals surface area contributed by atoms with Crippen molar-refractivity contribution in [1.82, 2.24) is 0 Å². The fourth-order valence-electron chi connectivity index (χ4n) is 1.18. The van der Waals surface area contributed by atoms with Crippen LogP contribution in [0.4, 0.5) is 0 Å². The van der Waals surface area contributed by atoms with Crippen molar-refractivity contribution in [3.8, 4) is 0 Å². The Labute approximate surface area is 128 Å². The van der Waals surface area contributed by atoms with Gasteiger partial charge in [0, 0.05) is 12.2 Å². The molecule has 0 aromatic carbocycles. The van der Waals surface area contributed by atoms with Crippen molar-refractivity contribution < 1.29 is 38.1 Å². The third kappa shape index (κ3) is 8.03. The lowest BCUT2D eigenvalue weighted by molar-refractivity contribution is -0.164. The Hall–Kier alpha value is -2.38. The standard InChI is InChI=1S/C14H20O8/c1-5-19-13(17)9(3)21-11(15)7-8-12(16)22-10(4)14(18)20-6-2/h7-10H,5-6H2,1-4H3/b8-7+. The molecule has 0 bridgehead atoms. The molecule has 2 atom stereocenters. The van der Waals surface area contributed by atoms with Crippen LogP contribution >= 0.6 is 0 Å². The van der Waals surface area contributed by atoms with Gasteiger partial charge in [-0.25, -0.2) is 19.2 Å². The first-order valence-electron chi connectivity index (χ1n) is 6.74. The van der Waals surface area contributed by atoms with Gasteiger partial charge in [-0.15, -0.1) is 0 Å². The van der Waals surface area contributed by atoms with Gasteiger partial charge in [0.25, 0.3) is 0 Å². The number of hydrogen-bond donors (Lipinski definition) is 0. The van der Waals surface area contributed by atoms with Crippen molar-refractivity contribution in [3.63, 3.8) is 0 Å². The van der Waals surface area contributed by atoms with Crippen molar-refractivity contribution in [2.24, 2.45) is 0 Å². The van der Waals surface area contributed by atoms with Crippen LogP contribution in [0, 0.1) is 0 Å². The largest absolute Gasteiger partial charge is 0.463 e. The third-order valence-corrected chi connectivity index (χ3v) is 2.18. The summed E-state index contributed by atoms with van der Waals surface area (Å²) in [5, 5.41) is 0. The summed E-state index contributed by atoms with van der Waals surface area (Å²) in [5.74, 6) is -3.21. The van der Waals surface area contributed by atoms with Crippen molar-refractivity contribution in [3.05, 3.63) is 12.2 Å². The van der Waals surface area contributed by atoms with E-state index in [0.29, 0.717) is 0 Å². The Bertz CT molecular complexity index is 400. The molecule has 0 rings (SSSR count). The van der Waals surface area contributed by atoms with Crippen LogP contribution in [0.3, 0.4) is 0 Å². The van der Waals surface area contributed by atoms with Crippen LogP contribution in [0.2, 0.25) is 0 Å². The molecular formula is C14H20O8. The second-order valence-corrected chi connectivity index (χ2v) is 4.00. The van der Waals surface area contributed by atoms with Gasteiger partial charge in [0.2, 0.25) is 0 Å². The van der Waals surface area contributed by atoms with E-state index in [4.69, 9.17) is 9.47 Å². The minimum Gasteiger partial charge on any atom is -0.463 e. The molecule has 0 aromatic rings. The van der Waals surface area contributed by atoms with Gasteiger partial charge < -0.3 is 18.9 Å². The van der Waals surface area contributed by atoms with E-state index < -0.39 is 36.1 Å². The van der Waals surface area contributed by atoms with Crippen molar-refractivity contribution >= 4 is 23.9 Å². The average Bonchev–Trinajstić information content (AvgIpc) is 2.45. The average molecular weight is 316 g/mol. The maximum absolute atomic E-state index is 11.4. The summed E-state index contributed by atoms with van der Waals surface area (Å²) in [7, 11) is 0. The maximum Gasteiger partial charge on any atom is 0.347 e. The molecule has 0 aromatic heterocycles. The smallest absolute Gasteiger partial charge is 0.347 e. The van der Waals surface area contributed by atoms with Crippen molar-refractivity contribution in [2.45, 2.75) is 39.9 Å². The second-order valence-electron chi connectivity index (χ2n) is 4.00. The van der Waals surface area contributed by atoms with Crippen molar-refractivity contribution in [1.29, 1.82) is 0 Å². The number of hydrogen-bond acceptors (Lipinski definition) is 8. The van der Waals surface area contributed by atoms with E-state index in [0.717, 1.165) is 12.2 Å². The molecule has 0 aliphatic carbocycles. The summed E-state index contributed by atoms with van der Waals surface area (Å²) < 4.78 is 18.7. The monoisotopic (exact) mass is 316 g/mol. The summed E-state index contributed by atoms with van der Waals surface area (Å²) in [4.78, 5) is 45.2. The van der Waals surface area contributed by atoms with Crippen LogP contribution in [0.1, 0.15) is 27.7 Å². The highest BCUT2D eigenvalue weighted by Crippen LogP contribution is 1.99. The fraction of sp³-hybridized carbons (Fsp3) is 0.571. The number of ether oxygens (including phenoxy) is 4. The van der Waals surface area contributed by atoms with E-state index >= 15 is 0 Å². The molecule has 0 heterocycles. The number of carbonyl (C=O) groups is 4. The summed E-state index contributed by atoms with van der Waals surface area (Å²) in [6.45, 7) is 6.24. The molecule has 0 fully saturated rings. The predicted octanol–water partition coefficient (Wildman–Crippen LogP) is 0.532. The zero-order valence-electron chi connectivity index (χ0n) is 13.0. The van der Waals surface area contributed by atoms with E-state index in [1.54, 1.807) is 13.8 Å². The lowest BCUT2D eigenvalue weighted by Crippen LogP contribution is -2.26. The van der Waals surface area contributed by atoms with Gasteiger partial charge in [0.1, 0.15) is 0 Å². The summed E-state index contributed by atoms with van der Waals surface area (Å²) in [6, 6.07) is 0. The van der Waals surface area contributed by atoms with Crippen LogP contribution in [0.5, 0.6) is 0 Å². The number of esters is 4. The normalized spacial score (nSPS) is 13.1. The lowest BCUT2D eigenvalue weighted by Gasteiger charge is -2.11. The molecule has 0 aliphatic heterocycles. The number of rotatable bonds is 8. The molecule has 124 valence electrons. The molecule has 0 saturated heterocycles. The first kappa shape index (κ1) is 19.6. The van der Waals surface area contributed by atoms with Gasteiger partial charge in [-0.2, -0.15) is 0 Å². The molecule has 0 spiro atoms. The van der Waals surface area contributed by atoms with Gasteiger partial charge >= 0.3 is 23.9 Å². The van der Waals surface area contributed by atoms with Gasteiger partial charge in [0.05, 0.1) is 13.2 Å². The van der Waals surface area contributed by atoms with Gasteiger partial charge in [-0.3, -0.25) is 0 Å². The van der Waals surface area contributed by atoms with E-state index in [-0.39, 0.29) is 13.2 Å². The van der Waals surface area contributed by atoms with E-state index in [2.05, 4.69) is 9.47 Å². The van der Waals surface area contributed by atoms with E-state index in [1.807, 2.05) is 0 Å². The second kappa shape index (κ2) is 10.4. The molecule has 0 aliphatic rings. The lowest BCUT2D eigenvalue weighted by atomic mass is 10.4. The third-order valence-electron chi connectivity index (χ3n) is 2.18. The van der Waals surface area contributed by atoms with Gasteiger partial charge in [-0.1, -0.05) is 0 Å².